The Morgan fingerprint density at radius 3 is 2.57 bits per heavy atom. The second-order valence-electron chi connectivity index (χ2n) is 4.53. The maximum Gasteiger partial charge on any atom is 0.322 e. The Morgan fingerprint density at radius 2 is 1.95 bits per heavy atom. The lowest BCUT2D eigenvalue weighted by molar-refractivity contribution is 0.222. The van der Waals surface area contributed by atoms with Gasteiger partial charge in [0.05, 0.1) is 18.8 Å². The summed E-state index contributed by atoms with van der Waals surface area (Å²) >= 11 is 6.05. The number of rotatable bonds is 5. The van der Waals surface area contributed by atoms with Gasteiger partial charge in [-0.15, -0.1) is 0 Å². The van der Waals surface area contributed by atoms with Crippen LogP contribution in [0.3, 0.4) is 0 Å². The number of nitrogens with one attached hydrogen (secondary N) is 1. The molecule has 7 heteroatoms. The highest BCUT2D eigenvalue weighted by Crippen LogP contribution is 2.31. The third-order valence-corrected chi connectivity index (χ3v) is 2.82. The third kappa shape index (κ3) is 3.72. The van der Waals surface area contributed by atoms with Crippen LogP contribution in [0.1, 0.15) is 13.8 Å². The number of anilines is 1. The topological polar surface area (TPSA) is 69.2 Å². The molecule has 0 bridgehead atoms. The van der Waals surface area contributed by atoms with Gasteiger partial charge in [-0.3, -0.25) is 0 Å². The average Bonchev–Trinajstić information content (AvgIpc) is 2.46. The molecule has 0 saturated carbocycles. The Balaban J connectivity index is 2.54. The number of hydrogen-bond donors (Lipinski definition) is 1. The fourth-order valence-corrected chi connectivity index (χ4v) is 1.88. The zero-order valence-corrected chi connectivity index (χ0v) is 13.1. The van der Waals surface area contributed by atoms with Gasteiger partial charge in [-0.05, 0) is 32.0 Å². The van der Waals surface area contributed by atoms with E-state index in [1.165, 1.54) is 0 Å². The van der Waals surface area contributed by atoms with Crippen molar-refractivity contribution >= 4 is 17.5 Å². The first-order chi connectivity index (χ1) is 10.0. The molecule has 21 heavy (non-hydrogen) atoms. The number of benzene rings is 1. The molecular weight excluding hydrogens is 292 g/mol. The molecule has 0 aliphatic carbocycles. The third-order valence-electron chi connectivity index (χ3n) is 2.58. The van der Waals surface area contributed by atoms with E-state index >= 15 is 0 Å². The molecule has 112 valence electrons. The van der Waals surface area contributed by atoms with Crippen molar-refractivity contribution < 1.29 is 9.47 Å². The van der Waals surface area contributed by atoms with Crippen LogP contribution in [-0.4, -0.2) is 35.2 Å². The van der Waals surface area contributed by atoms with Gasteiger partial charge in [0.25, 0.3) is 0 Å². The lowest BCUT2D eigenvalue weighted by Gasteiger charge is -2.12. The van der Waals surface area contributed by atoms with E-state index in [1.54, 1.807) is 32.4 Å². The van der Waals surface area contributed by atoms with Crippen molar-refractivity contribution in [1.29, 1.82) is 0 Å². The van der Waals surface area contributed by atoms with Crippen LogP contribution in [0.15, 0.2) is 18.2 Å². The van der Waals surface area contributed by atoms with Crippen molar-refractivity contribution in [1.82, 2.24) is 15.0 Å². The Bertz CT molecular complexity index is 634. The minimum Gasteiger partial charge on any atom is -0.496 e. The SMILES string of the molecule is CNc1nc(OC(C)C)nc(-c2cc(Cl)ccc2OC)n1. The minimum absolute atomic E-state index is 0.0359. The number of hydrogen-bond acceptors (Lipinski definition) is 6. The fraction of sp³-hybridized carbons (Fsp3) is 0.357. The van der Waals surface area contributed by atoms with E-state index in [0.717, 1.165) is 0 Å². The molecule has 0 unspecified atom stereocenters. The number of nitrogens with zero attached hydrogens (tertiary/aromatic N) is 3. The summed E-state index contributed by atoms with van der Waals surface area (Å²) in [7, 11) is 3.31. The standard InChI is InChI=1S/C14H17ClN4O2/c1-8(2)21-14-18-12(17-13(16-3)19-14)10-7-9(15)5-6-11(10)20-4/h5-8H,1-4H3,(H,16,17,18,19). The van der Waals surface area contributed by atoms with Crippen LogP contribution in [0.4, 0.5) is 5.95 Å². The molecule has 0 amide bonds. The molecule has 1 N–H and O–H groups in total. The maximum atomic E-state index is 6.05. The van der Waals surface area contributed by atoms with Crippen LogP contribution >= 0.6 is 11.6 Å². The first-order valence-corrected chi connectivity index (χ1v) is 6.85. The monoisotopic (exact) mass is 308 g/mol. The molecule has 1 aromatic carbocycles. The minimum atomic E-state index is -0.0359. The average molecular weight is 309 g/mol. The van der Waals surface area contributed by atoms with Gasteiger partial charge in [-0.1, -0.05) is 11.6 Å². The summed E-state index contributed by atoms with van der Waals surface area (Å²) in [6, 6.07) is 5.51. The molecule has 1 aromatic heterocycles. The molecule has 1 heterocycles. The van der Waals surface area contributed by atoms with Crippen LogP contribution in [0.5, 0.6) is 11.8 Å². The summed E-state index contributed by atoms with van der Waals surface area (Å²) in [6.07, 6.45) is -0.0359. The molecule has 0 spiro atoms. The zero-order chi connectivity index (χ0) is 15.4. The van der Waals surface area contributed by atoms with Gasteiger partial charge < -0.3 is 14.8 Å². The molecular formula is C14H17ClN4O2. The van der Waals surface area contributed by atoms with Gasteiger partial charge in [-0.2, -0.15) is 15.0 Å². The van der Waals surface area contributed by atoms with Gasteiger partial charge in [-0.25, -0.2) is 0 Å². The Morgan fingerprint density at radius 1 is 1.19 bits per heavy atom. The number of ether oxygens (including phenoxy) is 2. The van der Waals surface area contributed by atoms with Gasteiger partial charge in [0.2, 0.25) is 5.95 Å². The second kappa shape index (κ2) is 6.58. The van der Waals surface area contributed by atoms with E-state index in [-0.39, 0.29) is 12.1 Å². The van der Waals surface area contributed by atoms with Gasteiger partial charge in [0.1, 0.15) is 5.75 Å². The molecule has 0 aliphatic heterocycles. The first-order valence-electron chi connectivity index (χ1n) is 6.48. The molecule has 0 fully saturated rings. The van der Waals surface area contributed by atoms with Crippen LogP contribution in [-0.2, 0) is 0 Å². The number of aromatic nitrogens is 3. The molecule has 0 aliphatic rings. The summed E-state index contributed by atoms with van der Waals surface area (Å²) in [5, 5.41) is 3.46. The van der Waals surface area contributed by atoms with E-state index < -0.39 is 0 Å². The summed E-state index contributed by atoms with van der Waals surface area (Å²) in [4.78, 5) is 12.8. The molecule has 2 aromatic rings. The van der Waals surface area contributed by atoms with Gasteiger partial charge in [0.15, 0.2) is 5.82 Å². The van der Waals surface area contributed by atoms with Crippen molar-refractivity contribution in [2.75, 3.05) is 19.5 Å². The van der Waals surface area contributed by atoms with Crippen molar-refractivity contribution in [3.63, 3.8) is 0 Å². The normalized spacial score (nSPS) is 10.6. The lowest BCUT2D eigenvalue weighted by atomic mass is 10.2. The molecule has 0 saturated heterocycles. The highest BCUT2D eigenvalue weighted by molar-refractivity contribution is 6.30. The maximum absolute atomic E-state index is 6.05. The molecule has 0 radical (unpaired) electrons. The lowest BCUT2D eigenvalue weighted by Crippen LogP contribution is -2.11. The zero-order valence-electron chi connectivity index (χ0n) is 12.3. The highest BCUT2D eigenvalue weighted by Gasteiger charge is 2.14. The van der Waals surface area contributed by atoms with Crippen molar-refractivity contribution in [2.45, 2.75) is 20.0 Å². The van der Waals surface area contributed by atoms with Gasteiger partial charge >= 0.3 is 6.01 Å². The Hall–Kier alpha value is -2.08. The van der Waals surface area contributed by atoms with E-state index in [0.29, 0.717) is 28.1 Å². The van der Waals surface area contributed by atoms with Crippen LogP contribution in [0.2, 0.25) is 5.02 Å². The second-order valence-corrected chi connectivity index (χ2v) is 4.96. The highest BCUT2D eigenvalue weighted by atomic mass is 35.5. The predicted molar refractivity (Wildman–Crippen MR) is 82.1 cm³/mol. The van der Waals surface area contributed by atoms with Crippen molar-refractivity contribution in [2.24, 2.45) is 0 Å². The summed E-state index contributed by atoms with van der Waals surface area (Å²) in [5.41, 5.74) is 0.678. The number of methoxy groups -OCH3 is 1. The van der Waals surface area contributed by atoms with Crippen molar-refractivity contribution in [3.05, 3.63) is 23.2 Å². The smallest absolute Gasteiger partial charge is 0.322 e. The predicted octanol–water partition coefficient (Wildman–Crippen LogP) is 3.03. The first kappa shape index (κ1) is 15.3. The van der Waals surface area contributed by atoms with Gasteiger partial charge in [0, 0.05) is 12.1 Å². The van der Waals surface area contributed by atoms with E-state index in [2.05, 4.69) is 20.3 Å². The van der Waals surface area contributed by atoms with Crippen LogP contribution in [0.25, 0.3) is 11.4 Å². The summed E-state index contributed by atoms with van der Waals surface area (Å²) in [5.74, 6) is 1.48. The van der Waals surface area contributed by atoms with Crippen molar-refractivity contribution in [3.8, 4) is 23.1 Å². The van der Waals surface area contributed by atoms with E-state index in [9.17, 15) is 0 Å². The summed E-state index contributed by atoms with van der Waals surface area (Å²) in [6.45, 7) is 3.81. The Kier molecular flexibility index (Phi) is 4.80. The van der Waals surface area contributed by atoms with E-state index in [4.69, 9.17) is 21.1 Å². The van der Waals surface area contributed by atoms with E-state index in [1.807, 2.05) is 13.8 Å². The molecule has 0 atom stereocenters. The van der Waals surface area contributed by atoms with Crippen LogP contribution < -0.4 is 14.8 Å². The Labute approximate surface area is 128 Å². The number of halogens is 1. The largest absolute Gasteiger partial charge is 0.496 e. The fourth-order valence-electron chi connectivity index (χ4n) is 1.71. The summed E-state index contributed by atoms with van der Waals surface area (Å²) < 4.78 is 10.9. The van der Waals surface area contributed by atoms with Crippen LogP contribution in [0, 0.1) is 0 Å². The quantitative estimate of drug-likeness (QED) is 0.915. The molecule has 2 rings (SSSR count). The molecule has 6 nitrogen and oxygen atoms in total.